The highest BCUT2D eigenvalue weighted by Gasteiger charge is 2.04. The van der Waals surface area contributed by atoms with E-state index in [9.17, 15) is 8.78 Å². The summed E-state index contributed by atoms with van der Waals surface area (Å²) in [6, 6.07) is 11.8. The lowest BCUT2D eigenvalue weighted by Crippen LogP contribution is -2.13. The molecule has 2 aromatic carbocycles. The van der Waals surface area contributed by atoms with Crippen LogP contribution < -0.4 is 10.1 Å². The lowest BCUT2D eigenvalue weighted by molar-refractivity contribution is -0.0498. The van der Waals surface area contributed by atoms with Crippen LogP contribution in [0.25, 0.3) is 0 Å². The summed E-state index contributed by atoms with van der Waals surface area (Å²) >= 11 is 11.9. The van der Waals surface area contributed by atoms with Crippen molar-refractivity contribution >= 4 is 23.2 Å². The van der Waals surface area contributed by atoms with E-state index >= 15 is 0 Å². The van der Waals surface area contributed by atoms with E-state index in [1.165, 1.54) is 12.1 Å². The first-order chi connectivity index (χ1) is 10.0. The number of alkyl halides is 2. The molecule has 0 radical (unpaired) electrons. The summed E-state index contributed by atoms with van der Waals surface area (Å²) in [5.41, 5.74) is 1.90. The fourth-order valence-corrected chi connectivity index (χ4v) is 2.27. The molecular formula is C15H13Cl2F2NO. The summed E-state index contributed by atoms with van der Waals surface area (Å²) in [5.74, 6) is 0.148. The van der Waals surface area contributed by atoms with Crippen molar-refractivity contribution in [1.29, 1.82) is 0 Å². The SMILES string of the molecule is FC(F)Oc1ccc(CNCc2ccc(Cl)cc2Cl)cc1. The van der Waals surface area contributed by atoms with Crippen molar-refractivity contribution in [3.8, 4) is 5.75 Å². The minimum atomic E-state index is -2.80. The number of halogens is 4. The van der Waals surface area contributed by atoms with Crippen LogP contribution in [0.4, 0.5) is 8.78 Å². The second-order valence-corrected chi connectivity index (χ2v) is 5.21. The molecule has 2 rings (SSSR count). The molecule has 0 amide bonds. The molecule has 0 aliphatic rings. The van der Waals surface area contributed by atoms with Gasteiger partial charge in [0.15, 0.2) is 0 Å². The Bertz CT molecular complexity index is 591. The maximum atomic E-state index is 12.0. The van der Waals surface area contributed by atoms with Gasteiger partial charge in [-0.1, -0.05) is 41.4 Å². The van der Waals surface area contributed by atoms with E-state index in [-0.39, 0.29) is 5.75 Å². The van der Waals surface area contributed by atoms with E-state index in [2.05, 4.69) is 10.1 Å². The molecule has 2 nitrogen and oxygen atoms in total. The van der Waals surface area contributed by atoms with Crippen LogP contribution in [-0.2, 0) is 13.1 Å². The van der Waals surface area contributed by atoms with E-state index in [4.69, 9.17) is 23.2 Å². The summed E-state index contributed by atoms with van der Waals surface area (Å²) in [6.07, 6.45) is 0. The fraction of sp³-hybridized carbons (Fsp3) is 0.200. The average Bonchev–Trinajstić information content (AvgIpc) is 2.42. The van der Waals surface area contributed by atoms with Crippen molar-refractivity contribution in [3.63, 3.8) is 0 Å². The summed E-state index contributed by atoms with van der Waals surface area (Å²) < 4.78 is 28.3. The zero-order chi connectivity index (χ0) is 15.2. The van der Waals surface area contributed by atoms with Crippen molar-refractivity contribution in [2.24, 2.45) is 0 Å². The van der Waals surface area contributed by atoms with Crippen molar-refractivity contribution in [1.82, 2.24) is 5.32 Å². The molecule has 2 aromatic rings. The number of hydrogen-bond donors (Lipinski definition) is 1. The van der Waals surface area contributed by atoms with Gasteiger partial charge >= 0.3 is 6.61 Å². The molecule has 0 aromatic heterocycles. The third kappa shape index (κ3) is 5.16. The molecule has 0 aliphatic carbocycles. The normalized spacial score (nSPS) is 10.9. The van der Waals surface area contributed by atoms with Crippen LogP contribution in [0.5, 0.6) is 5.75 Å². The molecule has 112 valence electrons. The van der Waals surface area contributed by atoms with E-state index in [0.29, 0.717) is 23.1 Å². The van der Waals surface area contributed by atoms with Crippen LogP contribution in [0, 0.1) is 0 Å². The first-order valence-corrected chi connectivity index (χ1v) is 6.98. The summed E-state index contributed by atoms with van der Waals surface area (Å²) in [5, 5.41) is 4.42. The molecular weight excluding hydrogens is 319 g/mol. The van der Waals surface area contributed by atoms with Crippen molar-refractivity contribution < 1.29 is 13.5 Å². The second kappa shape index (κ2) is 7.59. The molecule has 0 bridgehead atoms. The quantitative estimate of drug-likeness (QED) is 0.814. The number of benzene rings is 2. The predicted octanol–water partition coefficient (Wildman–Crippen LogP) is 4.88. The van der Waals surface area contributed by atoms with Gasteiger partial charge in [-0.3, -0.25) is 0 Å². The van der Waals surface area contributed by atoms with Gasteiger partial charge in [-0.15, -0.1) is 0 Å². The molecule has 0 unspecified atom stereocenters. The fourth-order valence-electron chi connectivity index (χ4n) is 1.80. The van der Waals surface area contributed by atoms with Gasteiger partial charge in [-0.05, 0) is 35.4 Å². The number of nitrogens with one attached hydrogen (secondary N) is 1. The van der Waals surface area contributed by atoms with Crippen molar-refractivity contribution in [2.75, 3.05) is 0 Å². The molecule has 21 heavy (non-hydrogen) atoms. The van der Waals surface area contributed by atoms with Crippen LogP contribution in [0.3, 0.4) is 0 Å². The van der Waals surface area contributed by atoms with Gasteiger partial charge in [-0.2, -0.15) is 8.78 Å². The number of ether oxygens (including phenoxy) is 1. The van der Waals surface area contributed by atoms with Crippen LogP contribution in [-0.4, -0.2) is 6.61 Å². The third-order valence-electron chi connectivity index (χ3n) is 2.81. The molecule has 0 fully saturated rings. The van der Waals surface area contributed by atoms with Crippen LogP contribution >= 0.6 is 23.2 Å². The van der Waals surface area contributed by atoms with Gasteiger partial charge in [0.2, 0.25) is 0 Å². The highest BCUT2D eigenvalue weighted by atomic mass is 35.5. The van der Waals surface area contributed by atoms with Crippen molar-refractivity contribution in [2.45, 2.75) is 19.7 Å². The topological polar surface area (TPSA) is 21.3 Å². The molecule has 1 N–H and O–H groups in total. The molecule has 0 aliphatic heterocycles. The monoisotopic (exact) mass is 331 g/mol. The number of hydrogen-bond acceptors (Lipinski definition) is 2. The lowest BCUT2D eigenvalue weighted by Gasteiger charge is -2.08. The van der Waals surface area contributed by atoms with Crippen LogP contribution in [0.1, 0.15) is 11.1 Å². The van der Waals surface area contributed by atoms with Gasteiger partial charge in [0.25, 0.3) is 0 Å². The molecule has 0 heterocycles. The van der Waals surface area contributed by atoms with E-state index in [1.54, 1.807) is 24.3 Å². The smallest absolute Gasteiger partial charge is 0.387 e. The zero-order valence-electron chi connectivity index (χ0n) is 11.0. The molecule has 6 heteroatoms. The van der Waals surface area contributed by atoms with Crippen LogP contribution in [0.2, 0.25) is 10.0 Å². The van der Waals surface area contributed by atoms with Crippen molar-refractivity contribution in [3.05, 3.63) is 63.6 Å². The van der Waals surface area contributed by atoms with Crippen LogP contribution in [0.15, 0.2) is 42.5 Å². The molecule has 0 saturated heterocycles. The van der Waals surface area contributed by atoms with Gasteiger partial charge in [0, 0.05) is 23.1 Å². The lowest BCUT2D eigenvalue weighted by atomic mass is 10.2. The Morgan fingerprint density at radius 2 is 1.71 bits per heavy atom. The molecule has 0 atom stereocenters. The van der Waals surface area contributed by atoms with Gasteiger partial charge in [0.1, 0.15) is 5.75 Å². The van der Waals surface area contributed by atoms with E-state index in [1.807, 2.05) is 6.07 Å². The minimum Gasteiger partial charge on any atom is -0.435 e. The Balaban J connectivity index is 1.85. The predicted molar refractivity (Wildman–Crippen MR) is 80.1 cm³/mol. The van der Waals surface area contributed by atoms with E-state index < -0.39 is 6.61 Å². The first-order valence-electron chi connectivity index (χ1n) is 6.23. The maximum Gasteiger partial charge on any atom is 0.387 e. The van der Waals surface area contributed by atoms with Gasteiger partial charge in [-0.25, -0.2) is 0 Å². The Kier molecular flexibility index (Phi) is 5.79. The largest absolute Gasteiger partial charge is 0.435 e. The molecule has 0 saturated carbocycles. The highest BCUT2D eigenvalue weighted by Crippen LogP contribution is 2.21. The average molecular weight is 332 g/mol. The number of rotatable bonds is 6. The Morgan fingerprint density at radius 3 is 2.33 bits per heavy atom. The minimum absolute atomic E-state index is 0.148. The van der Waals surface area contributed by atoms with E-state index in [0.717, 1.165) is 11.1 Å². The maximum absolute atomic E-state index is 12.0. The highest BCUT2D eigenvalue weighted by molar-refractivity contribution is 6.35. The Morgan fingerprint density at radius 1 is 1.00 bits per heavy atom. The third-order valence-corrected chi connectivity index (χ3v) is 3.40. The Labute approximate surface area is 131 Å². The zero-order valence-corrected chi connectivity index (χ0v) is 12.5. The Hall–Kier alpha value is -1.36. The second-order valence-electron chi connectivity index (χ2n) is 4.36. The van der Waals surface area contributed by atoms with Gasteiger partial charge in [0.05, 0.1) is 0 Å². The molecule has 0 spiro atoms. The summed E-state index contributed by atoms with van der Waals surface area (Å²) in [7, 11) is 0. The van der Waals surface area contributed by atoms with Gasteiger partial charge < -0.3 is 10.1 Å². The summed E-state index contributed by atoms with van der Waals surface area (Å²) in [4.78, 5) is 0. The standard InChI is InChI=1S/C15H13Cl2F2NO/c16-12-4-3-11(14(17)7-12)9-20-8-10-1-5-13(6-2-10)21-15(18)19/h1-7,15,20H,8-9H2. The first kappa shape index (κ1) is 16.0. The summed E-state index contributed by atoms with van der Waals surface area (Å²) in [6.45, 7) is -1.62.